The summed E-state index contributed by atoms with van der Waals surface area (Å²) in [6.45, 7) is 4.71. The number of nitrogens with zero attached hydrogens (tertiary/aromatic N) is 1. The lowest BCUT2D eigenvalue weighted by Crippen LogP contribution is -2.37. The molecule has 8 heteroatoms. The number of unbranched alkanes of at least 4 members (excludes halogenated alkanes) is 2. The predicted molar refractivity (Wildman–Crippen MR) is 120 cm³/mol. The van der Waals surface area contributed by atoms with Crippen molar-refractivity contribution in [2.45, 2.75) is 76.2 Å². The average Bonchev–Trinajstić information content (AvgIpc) is 2.73. The molecule has 30 heavy (non-hydrogen) atoms. The molecule has 1 aromatic rings. The fourth-order valence-electron chi connectivity index (χ4n) is 3.69. The van der Waals surface area contributed by atoms with Crippen molar-refractivity contribution in [2.24, 2.45) is 0 Å². The molecular weight excluding hydrogens is 402 g/mol. The summed E-state index contributed by atoms with van der Waals surface area (Å²) in [5.74, 6) is -1.04. The van der Waals surface area contributed by atoms with Crippen LogP contribution in [0, 0.1) is 0 Å². The lowest BCUT2D eigenvalue weighted by molar-refractivity contribution is -0.120. The Balaban J connectivity index is 2.20. The molecule has 0 saturated heterocycles. The minimum atomic E-state index is -3.68. The number of sulfonamides is 1. The summed E-state index contributed by atoms with van der Waals surface area (Å²) in [4.78, 5) is 12.4. The van der Waals surface area contributed by atoms with E-state index in [0.29, 0.717) is 24.3 Å². The number of amides is 1. The number of anilines is 1. The number of nitrogen functional groups attached to an aromatic ring is 1. The molecule has 0 aliphatic heterocycles. The topological polar surface area (TPSA) is 113 Å². The summed E-state index contributed by atoms with van der Waals surface area (Å²) < 4.78 is 27.5. The van der Waals surface area contributed by atoms with Crippen molar-refractivity contribution < 1.29 is 18.3 Å². The number of rotatable bonds is 10. The highest BCUT2D eigenvalue weighted by molar-refractivity contribution is 7.89. The molecule has 0 spiro atoms. The van der Waals surface area contributed by atoms with Crippen LogP contribution in [-0.4, -0.2) is 42.9 Å². The normalized spacial score (nSPS) is 16.0. The molecule has 1 amide bonds. The van der Waals surface area contributed by atoms with Crippen LogP contribution in [0.1, 0.15) is 70.8 Å². The third-order valence-corrected chi connectivity index (χ3v) is 7.50. The predicted octanol–water partition coefficient (Wildman–Crippen LogP) is 3.82. The van der Waals surface area contributed by atoms with Gasteiger partial charge in [0.1, 0.15) is 0 Å². The monoisotopic (exact) mass is 437 g/mol. The summed E-state index contributed by atoms with van der Waals surface area (Å²) >= 11 is 0. The molecule has 0 bridgehead atoms. The molecule has 1 aliphatic carbocycles. The van der Waals surface area contributed by atoms with E-state index >= 15 is 0 Å². The minimum Gasteiger partial charge on any atom is -0.503 e. The van der Waals surface area contributed by atoms with Gasteiger partial charge in [-0.1, -0.05) is 46.0 Å². The fraction of sp³-hybridized carbons (Fsp3) is 0.591. The van der Waals surface area contributed by atoms with Crippen LogP contribution in [-0.2, 0) is 14.8 Å². The van der Waals surface area contributed by atoms with Crippen molar-refractivity contribution in [3.63, 3.8) is 0 Å². The molecule has 4 N–H and O–H groups in total. The van der Waals surface area contributed by atoms with Gasteiger partial charge >= 0.3 is 0 Å². The van der Waals surface area contributed by atoms with Crippen molar-refractivity contribution in [2.75, 3.05) is 18.8 Å². The Labute approximate surface area is 180 Å². The molecule has 0 heterocycles. The molecule has 1 aromatic carbocycles. The van der Waals surface area contributed by atoms with Gasteiger partial charge in [0, 0.05) is 30.4 Å². The molecule has 2 rings (SSSR count). The van der Waals surface area contributed by atoms with Gasteiger partial charge in [0.05, 0.1) is 4.90 Å². The summed E-state index contributed by atoms with van der Waals surface area (Å²) in [6.07, 6.45) is 9.11. The standard InChI is InChI=1S/C22H35N3O4S/c1-3-5-9-14-25(4-2)30(28,29)19-12-13-20(23)17(15-19)16-21(26)22(27)24-18-10-7-6-8-11-18/h12-13,15-16,18,26H,3-11,14,23H2,1-2H3,(H,24,27)/b21-16-. The zero-order chi connectivity index (χ0) is 22.1. The van der Waals surface area contributed by atoms with Crippen LogP contribution < -0.4 is 11.1 Å². The van der Waals surface area contributed by atoms with Crippen molar-refractivity contribution in [1.29, 1.82) is 0 Å². The van der Waals surface area contributed by atoms with E-state index in [1.165, 1.54) is 35.0 Å². The second kappa shape index (κ2) is 11.4. The third kappa shape index (κ3) is 6.47. The number of carbonyl (C=O) groups excluding carboxylic acids is 1. The summed E-state index contributed by atoms with van der Waals surface area (Å²) in [6, 6.07) is 4.43. The van der Waals surface area contributed by atoms with Gasteiger partial charge in [0.25, 0.3) is 5.91 Å². The molecule has 0 atom stereocenters. The molecular formula is C22H35N3O4S. The lowest BCUT2D eigenvalue weighted by atomic mass is 9.95. The van der Waals surface area contributed by atoms with Crippen LogP contribution in [0.2, 0.25) is 0 Å². The maximum Gasteiger partial charge on any atom is 0.286 e. The van der Waals surface area contributed by atoms with Gasteiger partial charge in [-0.3, -0.25) is 4.79 Å². The summed E-state index contributed by atoms with van der Waals surface area (Å²) in [5.41, 5.74) is 6.57. The fourth-order valence-corrected chi connectivity index (χ4v) is 5.22. The maximum absolute atomic E-state index is 13.0. The molecule has 168 valence electrons. The van der Waals surface area contributed by atoms with Crippen molar-refractivity contribution in [3.8, 4) is 0 Å². The van der Waals surface area contributed by atoms with Crippen molar-refractivity contribution in [1.82, 2.24) is 9.62 Å². The van der Waals surface area contributed by atoms with Gasteiger partial charge in [-0.2, -0.15) is 4.31 Å². The van der Waals surface area contributed by atoms with E-state index in [4.69, 9.17) is 5.73 Å². The quantitative estimate of drug-likeness (QED) is 0.223. The molecule has 1 aliphatic rings. The molecule has 1 fully saturated rings. The van der Waals surface area contributed by atoms with E-state index in [0.717, 1.165) is 44.9 Å². The van der Waals surface area contributed by atoms with E-state index in [-0.39, 0.29) is 10.9 Å². The number of aliphatic hydroxyl groups excluding tert-OH is 1. The third-order valence-electron chi connectivity index (χ3n) is 5.53. The first-order valence-electron chi connectivity index (χ1n) is 10.9. The zero-order valence-electron chi connectivity index (χ0n) is 18.1. The Kier molecular flexibility index (Phi) is 9.17. The van der Waals surface area contributed by atoms with Crippen molar-refractivity contribution >= 4 is 27.7 Å². The highest BCUT2D eigenvalue weighted by atomic mass is 32.2. The van der Waals surface area contributed by atoms with Crippen molar-refractivity contribution in [3.05, 3.63) is 29.5 Å². The smallest absolute Gasteiger partial charge is 0.286 e. The Morgan fingerprint density at radius 1 is 1.23 bits per heavy atom. The van der Waals surface area contributed by atoms with Crippen LogP contribution in [0.15, 0.2) is 28.9 Å². The number of nitrogens with one attached hydrogen (secondary N) is 1. The zero-order valence-corrected chi connectivity index (χ0v) is 18.9. The Morgan fingerprint density at radius 3 is 2.57 bits per heavy atom. The van der Waals surface area contributed by atoms with Gasteiger partial charge in [-0.05, 0) is 43.5 Å². The number of nitrogens with two attached hydrogens (primary N) is 1. The van der Waals surface area contributed by atoms with Gasteiger partial charge in [0.2, 0.25) is 10.0 Å². The van der Waals surface area contributed by atoms with Crippen LogP contribution >= 0.6 is 0 Å². The molecule has 7 nitrogen and oxygen atoms in total. The second-order valence-electron chi connectivity index (χ2n) is 7.83. The van der Waals surface area contributed by atoms with Crippen LogP contribution in [0.5, 0.6) is 0 Å². The Hall–Kier alpha value is -2.06. The SMILES string of the molecule is CCCCCN(CC)S(=O)(=O)c1ccc(N)c(/C=C(\O)C(=O)NC2CCCCC2)c1. The highest BCUT2D eigenvalue weighted by Gasteiger charge is 2.24. The largest absolute Gasteiger partial charge is 0.503 e. The molecule has 0 aromatic heterocycles. The number of carbonyl (C=O) groups is 1. The van der Waals surface area contributed by atoms with E-state index in [1.54, 1.807) is 0 Å². The first kappa shape index (κ1) is 24.2. The number of hydrogen-bond donors (Lipinski definition) is 3. The minimum absolute atomic E-state index is 0.0621. The second-order valence-corrected chi connectivity index (χ2v) is 9.77. The van der Waals surface area contributed by atoms with Crippen LogP contribution in [0.25, 0.3) is 6.08 Å². The van der Waals surface area contributed by atoms with Crippen LogP contribution in [0.3, 0.4) is 0 Å². The molecule has 0 unspecified atom stereocenters. The van der Waals surface area contributed by atoms with Crippen LogP contribution in [0.4, 0.5) is 5.69 Å². The van der Waals surface area contributed by atoms with Gasteiger partial charge in [-0.25, -0.2) is 8.42 Å². The Bertz CT molecular complexity index is 846. The first-order valence-corrected chi connectivity index (χ1v) is 12.3. The van der Waals surface area contributed by atoms with Gasteiger partial charge in [0.15, 0.2) is 5.76 Å². The summed E-state index contributed by atoms with van der Waals surface area (Å²) in [7, 11) is -3.68. The lowest BCUT2D eigenvalue weighted by Gasteiger charge is -2.22. The first-order chi connectivity index (χ1) is 14.3. The molecule has 0 radical (unpaired) electrons. The highest BCUT2D eigenvalue weighted by Crippen LogP contribution is 2.24. The van der Waals surface area contributed by atoms with Gasteiger partial charge < -0.3 is 16.2 Å². The summed E-state index contributed by atoms with van der Waals surface area (Å²) in [5, 5.41) is 13.1. The Morgan fingerprint density at radius 2 is 1.93 bits per heavy atom. The van der Waals surface area contributed by atoms with Gasteiger partial charge in [-0.15, -0.1) is 0 Å². The number of hydrogen-bond acceptors (Lipinski definition) is 5. The number of aliphatic hydroxyl groups is 1. The average molecular weight is 438 g/mol. The van der Waals surface area contributed by atoms with E-state index in [9.17, 15) is 18.3 Å². The molecule has 1 saturated carbocycles. The van der Waals surface area contributed by atoms with E-state index in [1.807, 2.05) is 6.92 Å². The van der Waals surface area contributed by atoms with E-state index < -0.39 is 21.7 Å². The number of benzene rings is 1. The van der Waals surface area contributed by atoms with E-state index in [2.05, 4.69) is 12.2 Å². The maximum atomic E-state index is 13.0.